The molecule has 3 aromatic carbocycles. The number of aldehydes is 1. The largest absolute Gasteiger partial charge is 0.393 e. The first-order valence-corrected chi connectivity index (χ1v) is 13.7. The normalized spacial score (nSPS) is 13.9. The number of nitrogens with two attached hydrogens (primary N) is 1. The highest BCUT2D eigenvalue weighted by atomic mass is 16.3. The third-order valence-corrected chi connectivity index (χ3v) is 8.32. The molecule has 3 rings (SSSR count). The lowest BCUT2D eigenvalue weighted by Gasteiger charge is -2.34. The van der Waals surface area contributed by atoms with Gasteiger partial charge in [-0.2, -0.15) is 0 Å². The van der Waals surface area contributed by atoms with Crippen LogP contribution in [0.15, 0.2) is 60.7 Å². The summed E-state index contributed by atoms with van der Waals surface area (Å²) in [6, 6.07) is 21.2. The fourth-order valence-electron chi connectivity index (χ4n) is 5.48. The molecule has 0 saturated carbocycles. The molecule has 0 saturated heterocycles. The minimum Gasteiger partial charge on any atom is -0.393 e. The van der Waals surface area contributed by atoms with Crippen LogP contribution in [0.1, 0.15) is 93.3 Å². The van der Waals surface area contributed by atoms with Crippen LogP contribution in [-0.2, 0) is 16.6 Å². The lowest BCUT2D eigenvalue weighted by Crippen LogP contribution is -2.27. The van der Waals surface area contributed by atoms with Crippen molar-refractivity contribution in [1.82, 2.24) is 0 Å². The topological polar surface area (TPSA) is 63.3 Å². The summed E-state index contributed by atoms with van der Waals surface area (Å²) in [6.45, 7) is 15.2. The standard InChI is InChI=1S/C34H45NO2/c1-8-34(9-2,28-16-14-25(23(3)20-28)15-19-32(37)33(5,6)7)29-17-18-30(24(4)21-29)26-10-12-27(13-11-26)31(35)22-36/h10-14,16-18,20-22,31-32,37H,8-9,15,19,35H2,1-7H3/t31-,32?/m1/s1. The SMILES string of the molecule is CCC(CC)(c1ccc(CCC(O)C(C)(C)C)c(C)c1)c1ccc(-c2ccc([C@H](N)C=O)cc2)c(C)c1. The predicted octanol–water partition coefficient (Wildman–Crippen LogP) is 7.61. The maximum atomic E-state index is 11.0. The summed E-state index contributed by atoms with van der Waals surface area (Å²) in [6.07, 6.45) is 4.16. The average Bonchev–Trinajstić information content (AvgIpc) is 2.88. The fraction of sp³-hybridized carbons (Fsp3) is 0.441. The van der Waals surface area contributed by atoms with Gasteiger partial charge in [0.2, 0.25) is 0 Å². The molecule has 198 valence electrons. The zero-order chi connectivity index (χ0) is 27.4. The summed E-state index contributed by atoms with van der Waals surface area (Å²) in [5, 5.41) is 10.5. The molecule has 0 aliphatic carbocycles. The summed E-state index contributed by atoms with van der Waals surface area (Å²) >= 11 is 0. The number of benzene rings is 3. The summed E-state index contributed by atoms with van der Waals surface area (Å²) < 4.78 is 0. The molecule has 0 aliphatic rings. The Kier molecular flexibility index (Phi) is 9.15. The molecular weight excluding hydrogens is 454 g/mol. The van der Waals surface area contributed by atoms with Gasteiger partial charge in [-0.15, -0.1) is 0 Å². The van der Waals surface area contributed by atoms with E-state index in [9.17, 15) is 9.90 Å². The molecule has 0 heterocycles. The van der Waals surface area contributed by atoms with E-state index in [-0.39, 0.29) is 16.9 Å². The maximum Gasteiger partial charge on any atom is 0.141 e. The van der Waals surface area contributed by atoms with Gasteiger partial charge >= 0.3 is 0 Å². The van der Waals surface area contributed by atoms with Gasteiger partial charge in [-0.3, -0.25) is 0 Å². The van der Waals surface area contributed by atoms with Crippen molar-refractivity contribution in [2.24, 2.45) is 11.1 Å². The van der Waals surface area contributed by atoms with E-state index in [0.29, 0.717) is 0 Å². The fourth-order valence-corrected chi connectivity index (χ4v) is 5.48. The summed E-state index contributed by atoms with van der Waals surface area (Å²) in [7, 11) is 0. The van der Waals surface area contributed by atoms with Crippen molar-refractivity contribution in [2.75, 3.05) is 0 Å². The number of carbonyl (C=O) groups excluding carboxylic acids is 1. The molecule has 3 aromatic rings. The van der Waals surface area contributed by atoms with Gasteiger partial charge in [-0.1, -0.05) is 95.3 Å². The van der Waals surface area contributed by atoms with E-state index >= 15 is 0 Å². The summed E-state index contributed by atoms with van der Waals surface area (Å²) in [5.41, 5.74) is 15.4. The Morgan fingerprint density at radius 2 is 1.43 bits per heavy atom. The average molecular weight is 500 g/mol. The first-order valence-electron chi connectivity index (χ1n) is 13.7. The number of hydrogen-bond acceptors (Lipinski definition) is 3. The van der Waals surface area contributed by atoms with E-state index in [1.807, 2.05) is 24.3 Å². The Morgan fingerprint density at radius 3 is 1.92 bits per heavy atom. The molecule has 0 aromatic heterocycles. The molecule has 3 nitrogen and oxygen atoms in total. The van der Waals surface area contributed by atoms with Crippen molar-refractivity contribution in [1.29, 1.82) is 0 Å². The second kappa shape index (κ2) is 11.8. The first-order chi connectivity index (χ1) is 17.5. The van der Waals surface area contributed by atoms with Crippen LogP contribution in [0.2, 0.25) is 0 Å². The van der Waals surface area contributed by atoms with Crippen molar-refractivity contribution in [3.05, 3.63) is 94.0 Å². The molecular formula is C34H45NO2. The van der Waals surface area contributed by atoms with Crippen molar-refractivity contribution in [3.8, 4) is 11.1 Å². The van der Waals surface area contributed by atoms with Gasteiger partial charge in [0.25, 0.3) is 0 Å². The Morgan fingerprint density at radius 1 is 0.865 bits per heavy atom. The monoisotopic (exact) mass is 499 g/mol. The van der Waals surface area contributed by atoms with E-state index in [0.717, 1.165) is 43.1 Å². The highest BCUT2D eigenvalue weighted by molar-refractivity contribution is 5.70. The lowest BCUT2D eigenvalue weighted by molar-refractivity contribution is -0.109. The van der Waals surface area contributed by atoms with Gasteiger partial charge in [-0.25, -0.2) is 0 Å². The first kappa shape index (κ1) is 28.8. The molecule has 3 heteroatoms. The van der Waals surface area contributed by atoms with Crippen molar-refractivity contribution >= 4 is 6.29 Å². The molecule has 1 unspecified atom stereocenters. The van der Waals surface area contributed by atoms with Gasteiger partial charge in [0.15, 0.2) is 0 Å². The van der Waals surface area contributed by atoms with E-state index < -0.39 is 6.04 Å². The number of aliphatic hydroxyl groups excluding tert-OH is 1. The number of carbonyl (C=O) groups is 1. The minimum absolute atomic E-state index is 0.0574. The molecule has 0 bridgehead atoms. The molecule has 0 radical (unpaired) electrons. The number of aliphatic hydroxyl groups is 1. The highest BCUT2D eigenvalue weighted by Crippen LogP contribution is 2.41. The summed E-state index contributed by atoms with van der Waals surface area (Å²) in [5.74, 6) is 0. The van der Waals surface area contributed by atoms with Crippen molar-refractivity contribution in [3.63, 3.8) is 0 Å². The summed E-state index contributed by atoms with van der Waals surface area (Å²) in [4.78, 5) is 11.0. The molecule has 0 spiro atoms. The number of rotatable bonds is 10. The third kappa shape index (κ3) is 6.22. The van der Waals surface area contributed by atoms with E-state index in [1.165, 1.54) is 33.4 Å². The molecule has 0 fully saturated rings. The maximum absolute atomic E-state index is 11.0. The zero-order valence-corrected chi connectivity index (χ0v) is 23.8. The van der Waals surface area contributed by atoms with Gasteiger partial charge < -0.3 is 15.6 Å². The van der Waals surface area contributed by atoms with Gasteiger partial charge in [0, 0.05) is 5.41 Å². The van der Waals surface area contributed by atoms with Crippen LogP contribution in [-0.4, -0.2) is 17.5 Å². The Balaban J connectivity index is 1.92. The van der Waals surface area contributed by atoms with E-state index in [2.05, 4.69) is 84.9 Å². The van der Waals surface area contributed by atoms with Crippen LogP contribution in [0.3, 0.4) is 0 Å². The lowest BCUT2D eigenvalue weighted by atomic mass is 9.69. The Hall–Kier alpha value is -2.75. The Labute approximate surface area is 224 Å². The van der Waals surface area contributed by atoms with Crippen molar-refractivity contribution in [2.45, 2.75) is 91.7 Å². The van der Waals surface area contributed by atoms with Gasteiger partial charge in [0.05, 0.1) is 12.1 Å². The van der Waals surface area contributed by atoms with Crippen LogP contribution in [0, 0.1) is 19.3 Å². The van der Waals surface area contributed by atoms with E-state index in [4.69, 9.17) is 5.73 Å². The van der Waals surface area contributed by atoms with Crippen LogP contribution in [0.25, 0.3) is 11.1 Å². The smallest absolute Gasteiger partial charge is 0.141 e. The Bertz CT molecular complexity index is 1200. The molecule has 0 aliphatic heterocycles. The van der Waals surface area contributed by atoms with Gasteiger partial charge in [-0.05, 0) is 89.5 Å². The quantitative estimate of drug-likeness (QED) is 0.282. The second-order valence-electron chi connectivity index (χ2n) is 11.7. The third-order valence-electron chi connectivity index (χ3n) is 8.32. The molecule has 37 heavy (non-hydrogen) atoms. The molecule has 3 N–H and O–H groups in total. The van der Waals surface area contributed by atoms with Crippen LogP contribution in [0.4, 0.5) is 0 Å². The predicted molar refractivity (Wildman–Crippen MR) is 156 cm³/mol. The van der Waals surface area contributed by atoms with Crippen molar-refractivity contribution < 1.29 is 9.90 Å². The van der Waals surface area contributed by atoms with Crippen LogP contribution < -0.4 is 5.73 Å². The second-order valence-corrected chi connectivity index (χ2v) is 11.7. The van der Waals surface area contributed by atoms with Crippen LogP contribution in [0.5, 0.6) is 0 Å². The highest BCUT2D eigenvalue weighted by Gasteiger charge is 2.31. The zero-order valence-electron chi connectivity index (χ0n) is 23.8. The van der Waals surface area contributed by atoms with E-state index in [1.54, 1.807) is 0 Å². The minimum atomic E-state index is -0.578. The van der Waals surface area contributed by atoms with Gasteiger partial charge in [0.1, 0.15) is 6.29 Å². The number of hydrogen-bond donors (Lipinski definition) is 2. The molecule has 2 atom stereocenters. The molecule has 0 amide bonds. The number of aryl methyl sites for hydroxylation is 3. The van der Waals surface area contributed by atoms with Crippen LogP contribution >= 0.6 is 0 Å².